The maximum atomic E-state index is 11.6. The highest BCUT2D eigenvalue weighted by Crippen LogP contribution is 2.18. The molecule has 0 saturated carbocycles. The molecule has 3 nitrogen and oxygen atoms in total. The summed E-state index contributed by atoms with van der Waals surface area (Å²) in [5.74, 6) is 1.07. The highest BCUT2D eigenvalue weighted by Gasteiger charge is 2.10. The van der Waals surface area contributed by atoms with Gasteiger partial charge in [0.25, 0.3) is 5.91 Å². The summed E-state index contributed by atoms with van der Waals surface area (Å²) in [6, 6.07) is 7.89. The van der Waals surface area contributed by atoms with Crippen LogP contribution in [-0.4, -0.2) is 24.8 Å². The molecule has 1 atom stereocenters. The van der Waals surface area contributed by atoms with Crippen LogP contribution < -0.4 is 10.1 Å². The minimum Gasteiger partial charge on any atom is -0.484 e. The number of amides is 1. The third-order valence-electron chi connectivity index (χ3n) is 2.82. The van der Waals surface area contributed by atoms with Gasteiger partial charge in [0.2, 0.25) is 0 Å². The fourth-order valence-corrected chi connectivity index (χ4v) is 1.69. The van der Waals surface area contributed by atoms with Crippen molar-refractivity contribution < 1.29 is 9.53 Å². The Hall–Kier alpha value is -1.16. The van der Waals surface area contributed by atoms with E-state index in [4.69, 9.17) is 4.74 Å². The van der Waals surface area contributed by atoms with Gasteiger partial charge in [-0.2, -0.15) is 0 Å². The van der Waals surface area contributed by atoms with Crippen molar-refractivity contribution in [2.24, 2.45) is 5.92 Å². The van der Waals surface area contributed by atoms with Gasteiger partial charge in [-0.25, -0.2) is 0 Å². The van der Waals surface area contributed by atoms with Crippen LogP contribution in [0.3, 0.4) is 0 Å². The molecule has 1 amide bonds. The van der Waals surface area contributed by atoms with Gasteiger partial charge < -0.3 is 10.1 Å². The van der Waals surface area contributed by atoms with E-state index in [1.165, 1.54) is 4.90 Å². The van der Waals surface area contributed by atoms with E-state index in [0.717, 1.165) is 5.75 Å². The van der Waals surface area contributed by atoms with Crippen molar-refractivity contribution in [3.05, 3.63) is 24.3 Å². The largest absolute Gasteiger partial charge is 0.484 e. The van der Waals surface area contributed by atoms with Crippen molar-refractivity contribution in [2.45, 2.75) is 31.7 Å². The average molecular weight is 267 g/mol. The van der Waals surface area contributed by atoms with Crippen molar-refractivity contribution in [2.75, 3.05) is 12.9 Å². The first-order valence-electron chi connectivity index (χ1n) is 6.09. The summed E-state index contributed by atoms with van der Waals surface area (Å²) in [5, 5.41) is 2.90. The molecule has 100 valence electrons. The third-order valence-corrected chi connectivity index (χ3v) is 3.56. The van der Waals surface area contributed by atoms with Crippen LogP contribution in [0.15, 0.2) is 29.2 Å². The van der Waals surface area contributed by atoms with E-state index in [-0.39, 0.29) is 18.6 Å². The van der Waals surface area contributed by atoms with E-state index in [1.807, 2.05) is 37.4 Å². The van der Waals surface area contributed by atoms with E-state index in [0.29, 0.717) is 5.92 Å². The van der Waals surface area contributed by atoms with Gasteiger partial charge in [0.05, 0.1) is 0 Å². The van der Waals surface area contributed by atoms with E-state index in [2.05, 4.69) is 19.2 Å². The Kier molecular flexibility index (Phi) is 6.05. The first-order chi connectivity index (χ1) is 8.52. The smallest absolute Gasteiger partial charge is 0.258 e. The number of carbonyl (C=O) groups excluding carboxylic acids is 1. The lowest BCUT2D eigenvalue weighted by Crippen LogP contribution is -2.38. The molecule has 1 unspecified atom stereocenters. The maximum Gasteiger partial charge on any atom is 0.258 e. The molecule has 0 aliphatic heterocycles. The summed E-state index contributed by atoms with van der Waals surface area (Å²) < 4.78 is 5.43. The topological polar surface area (TPSA) is 38.3 Å². The molecule has 1 N–H and O–H groups in total. The van der Waals surface area contributed by atoms with Crippen LogP contribution in [0.25, 0.3) is 0 Å². The van der Waals surface area contributed by atoms with Gasteiger partial charge in [-0.3, -0.25) is 4.79 Å². The fourth-order valence-electron chi connectivity index (χ4n) is 1.28. The zero-order valence-electron chi connectivity index (χ0n) is 11.4. The number of benzene rings is 1. The summed E-state index contributed by atoms with van der Waals surface area (Å²) >= 11 is 1.68. The Balaban J connectivity index is 2.37. The van der Waals surface area contributed by atoms with Crippen molar-refractivity contribution in [3.8, 4) is 5.75 Å². The highest BCUT2D eigenvalue weighted by molar-refractivity contribution is 7.98. The molecule has 1 aromatic rings. The molecule has 4 heteroatoms. The van der Waals surface area contributed by atoms with E-state index in [1.54, 1.807) is 11.8 Å². The molecule has 0 aliphatic rings. The second-order valence-electron chi connectivity index (χ2n) is 4.56. The Morgan fingerprint density at radius 3 is 2.39 bits per heavy atom. The Morgan fingerprint density at radius 2 is 1.89 bits per heavy atom. The van der Waals surface area contributed by atoms with Gasteiger partial charge >= 0.3 is 0 Å². The van der Waals surface area contributed by atoms with Crippen LogP contribution in [0.2, 0.25) is 0 Å². The average Bonchev–Trinajstić information content (AvgIpc) is 2.36. The minimum absolute atomic E-state index is 0.0652. The lowest BCUT2D eigenvalue weighted by molar-refractivity contribution is -0.124. The molecule has 18 heavy (non-hydrogen) atoms. The molecular weight excluding hydrogens is 246 g/mol. The van der Waals surface area contributed by atoms with Crippen molar-refractivity contribution >= 4 is 17.7 Å². The summed E-state index contributed by atoms with van der Waals surface area (Å²) in [6.07, 6.45) is 2.02. The maximum absolute atomic E-state index is 11.6. The second kappa shape index (κ2) is 7.31. The molecular formula is C14H21NO2S. The van der Waals surface area contributed by atoms with Crippen LogP contribution in [0, 0.1) is 5.92 Å². The highest BCUT2D eigenvalue weighted by atomic mass is 32.2. The van der Waals surface area contributed by atoms with E-state index < -0.39 is 0 Å². The molecule has 0 aliphatic carbocycles. The quantitative estimate of drug-likeness (QED) is 0.805. The molecule has 0 bridgehead atoms. The molecule has 0 fully saturated rings. The van der Waals surface area contributed by atoms with Crippen LogP contribution in [-0.2, 0) is 4.79 Å². The van der Waals surface area contributed by atoms with Crippen LogP contribution >= 0.6 is 11.8 Å². The molecule has 1 aromatic carbocycles. The molecule has 0 radical (unpaired) electrons. The molecule has 0 saturated heterocycles. The van der Waals surface area contributed by atoms with Crippen LogP contribution in [0.1, 0.15) is 20.8 Å². The number of carbonyl (C=O) groups is 1. The predicted octanol–water partition coefficient (Wildman–Crippen LogP) is 2.95. The number of ether oxygens (including phenoxy) is 1. The lowest BCUT2D eigenvalue weighted by atomic mass is 10.1. The van der Waals surface area contributed by atoms with E-state index in [9.17, 15) is 4.79 Å². The molecule has 0 heterocycles. The van der Waals surface area contributed by atoms with Crippen molar-refractivity contribution in [1.82, 2.24) is 5.32 Å². The minimum atomic E-state index is -0.0786. The SMILES string of the molecule is CSc1ccc(OCC(=O)NC(C)C(C)C)cc1. The predicted molar refractivity (Wildman–Crippen MR) is 76.2 cm³/mol. The number of nitrogens with one attached hydrogen (secondary N) is 1. The van der Waals surface area contributed by atoms with Gasteiger partial charge in [-0.1, -0.05) is 13.8 Å². The van der Waals surface area contributed by atoms with E-state index >= 15 is 0 Å². The number of hydrogen-bond acceptors (Lipinski definition) is 3. The number of rotatable bonds is 6. The Morgan fingerprint density at radius 1 is 1.28 bits per heavy atom. The first kappa shape index (κ1) is 14.9. The van der Waals surface area contributed by atoms with Gasteiger partial charge in [0, 0.05) is 10.9 Å². The van der Waals surface area contributed by atoms with Crippen molar-refractivity contribution in [1.29, 1.82) is 0 Å². The summed E-state index contributed by atoms with van der Waals surface area (Å²) in [4.78, 5) is 12.8. The first-order valence-corrected chi connectivity index (χ1v) is 7.31. The summed E-state index contributed by atoms with van der Waals surface area (Å²) in [5.41, 5.74) is 0. The fraction of sp³-hybridized carbons (Fsp3) is 0.500. The van der Waals surface area contributed by atoms with Crippen LogP contribution in [0.5, 0.6) is 5.75 Å². The molecule has 0 spiro atoms. The number of thioether (sulfide) groups is 1. The Bertz CT molecular complexity index is 376. The standard InChI is InChI=1S/C14H21NO2S/c1-10(2)11(3)15-14(16)9-17-12-5-7-13(18-4)8-6-12/h5-8,10-11H,9H2,1-4H3,(H,15,16). The Labute approximate surface area is 113 Å². The van der Waals surface area contributed by atoms with Gasteiger partial charge in [0.1, 0.15) is 5.75 Å². The second-order valence-corrected chi connectivity index (χ2v) is 5.44. The third kappa shape index (κ3) is 5.00. The molecule has 0 aromatic heterocycles. The summed E-state index contributed by atoms with van der Waals surface area (Å²) in [6.45, 7) is 6.21. The van der Waals surface area contributed by atoms with Gasteiger partial charge in [0.15, 0.2) is 6.61 Å². The lowest BCUT2D eigenvalue weighted by Gasteiger charge is -2.17. The van der Waals surface area contributed by atoms with Gasteiger partial charge in [-0.15, -0.1) is 11.8 Å². The monoisotopic (exact) mass is 267 g/mol. The van der Waals surface area contributed by atoms with Crippen LogP contribution in [0.4, 0.5) is 0 Å². The van der Waals surface area contributed by atoms with Gasteiger partial charge in [-0.05, 0) is 43.4 Å². The zero-order valence-corrected chi connectivity index (χ0v) is 12.2. The normalized spacial score (nSPS) is 12.3. The summed E-state index contributed by atoms with van der Waals surface area (Å²) in [7, 11) is 0. The molecule has 1 rings (SSSR count). The van der Waals surface area contributed by atoms with Crippen molar-refractivity contribution in [3.63, 3.8) is 0 Å². The zero-order chi connectivity index (χ0) is 13.5. The number of hydrogen-bond donors (Lipinski definition) is 1.